The number of hydrogen-bond donors (Lipinski definition) is 2. The van der Waals surface area contributed by atoms with Gasteiger partial charge in [0.05, 0.1) is 30.5 Å². The summed E-state index contributed by atoms with van der Waals surface area (Å²) in [6.45, 7) is -0.00578. The van der Waals surface area contributed by atoms with Crippen molar-refractivity contribution in [3.05, 3.63) is 60.0 Å². The van der Waals surface area contributed by atoms with Gasteiger partial charge in [0.25, 0.3) is 0 Å². The van der Waals surface area contributed by atoms with Crippen molar-refractivity contribution in [1.82, 2.24) is 15.5 Å². The second-order valence-electron chi connectivity index (χ2n) is 5.59. The molecule has 146 valence electrons. The number of carbonyl (C=O) groups excluding carboxylic acids is 1. The van der Waals surface area contributed by atoms with Gasteiger partial charge in [-0.2, -0.15) is 13.2 Å². The molecule has 0 aliphatic heterocycles. The van der Waals surface area contributed by atoms with Crippen LogP contribution in [0.3, 0.4) is 0 Å². The number of alkyl carbamates (subject to hydrolysis) is 1. The van der Waals surface area contributed by atoms with E-state index in [0.29, 0.717) is 16.9 Å². The Morgan fingerprint density at radius 1 is 1.11 bits per heavy atom. The lowest BCUT2D eigenvalue weighted by Crippen LogP contribution is -2.22. The summed E-state index contributed by atoms with van der Waals surface area (Å²) in [5.41, 5.74) is 0.858. The van der Waals surface area contributed by atoms with Crippen LogP contribution in [0.15, 0.2) is 52.9 Å². The number of amides is 1. The predicted octanol–water partition coefficient (Wildman–Crippen LogP) is 4.36. The van der Waals surface area contributed by atoms with Crippen LogP contribution >= 0.6 is 0 Å². The zero-order chi connectivity index (χ0) is 20.1. The Hall–Kier alpha value is -3.56. The minimum Gasteiger partial charge on any atom is -0.453 e. The lowest BCUT2D eigenvalue weighted by molar-refractivity contribution is -0.137. The highest BCUT2D eigenvalue weighted by Crippen LogP contribution is 2.32. The number of aromatic nitrogens is 2. The Kier molecular flexibility index (Phi) is 5.48. The normalized spacial score (nSPS) is 11.1. The van der Waals surface area contributed by atoms with E-state index in [1.807, 2.05) is 0 Å². The summed E-state index contributed by atoms with van der Waals surface area (Å²) < 4.78 is 48.0. The van der Waals surface area contributed by atoms with Gasteiger partial charge in [-0.15, -0.1) is 10.2 Å². The molecular formula is C18H15F3N4O3. The van der Waals surface area contributed by atoms with Crippen LogP contribution in [0.5, 0.6) is 0 Å². The summed E-state index contributed by atoms with van der Waals surface area (Å²) in [7, 11) is 1.23. The number of benzene rings is 2. The number of anilines is 2. The Balaban J connectivity index is 1.78. The van der Waals surface area contributed by atoms with E-state index in [4.69, 9.17) is 4.42 Å². The topological polar surface area (TPSA) is 89.3 Å². The van der Waals surface area contributed by atoms with Gasteiger partial charge in [-0.05, 0) is 36.4 Å². The predicted molar refractivity (Wildman–Crippen MR) is 93.7 cm³/mol. The Morgan fingerprint density at radius 3 is 2.50 bits per heavy atom. The second-order valence-corrected chi connectivity index (χ2v) is 5.59. The standard InChI is InChI=1S/C18H15F3N4O3/c1-27-17(26)22-10-15-24-25-16(28-15)13-4-2-3-5-14(13)23-12-8-6-11(7-9-12)18(19,20)21/h2-9,23H,10H2,1H3,(H,22,26). The van der Waals surface area contributed by atoms with E-state index in [0.717, 1.165) is 12.1 Å². The molecule has 28 heavy (non-hydrogen) atoms. The zero-order valence-corrected chi connectivity index (χ0v) is 14.6. The number of carbonyl (C=O) groups is 1. The maximum atomic E-state index is 12.7. The summed E-state index contributed by atoms with van der Waals surface area (Å²) in [6, 6.07) is 11.6. The van der Waals surface area contributed by atoms with Crippen molar-refractivity contribution in [1.29, 1.82) is 0 Å². The molecule has 0 radical (unpaired) electrons. The first-order valence-corrected chi connectivity index (χ1v) is 8.04. The Labute approximate surface area is 157 Å². The number of nitrogens with zero attached hydrogens (tertiary/aromatic N) is 2. The number of rotatable bonds is 5. The molecule has 3 rings (SSSR count). The average molecular weight is 392 g/mol. The van der Waals surface area contributed by atoms with E-state index in [2.05, 4.69) is 25.6 Å². The Morgan fingerprint density at radius 2 is 1.82 bits per heavy atom. The van der Waals surface area contributed by atoms with E-state index in [1.54, 1.807) is 24.3 Å². The van der Waals surface area contributed by atoms with Gasteiger partial charge >= 0.3 is 12.3 Å². The number of halogens is 3. The van der Waals surface area contributed by atoms with Crippen LogP contribution in [-0.4, -0.2) is 23.4 Å². The van der Waals surface area contributed by atoms with Crippen LogP contribution < -0.4 is 10.6 Å². The highest BCUT2D eigenvalue weighted by atomic mass is 19.4. The molecule has 7 nitrogen and oxygen atoms in total. The van der Waals surface area contributed by atoms with Crippen LogP contribution in [0, 0.1) is 0 Å². The van der Waals surface area contributed by atoms with E-state index < -0.39 is 17.8 Å². The minimum atomic E-state index is -4.39. The smallest absolute Gasteiger partial charge is 0.416 e. The third-order valence-electron chi connectivity index (χ3n) is 3.68. The van der Waals surface area contributed by atoms with Crippen molar-refractivity contribution < 1.29 is 27.1 Å². The van der Waals surface area contributed by atoms with Gasteiger partial charge in [0.2, 0.25) is 11.8 Å². The highest BCUT2D eigenvalue weighted by molar-refractivity contribution is 5.76. The van der Waals surface area contributed by atoms with Crippen molar-refractivity contribution in [2.24, 2.45) is 0 Å². The van der Waals surface area contributed by atoms with Crippen LogP contribution in [0.4, 0.5) is 29.3 Å². The fourth-order valence-electron chi connectivity index (χ4n) is 2.33. The average Bonchev–Trinajstić information content (AvgIpc) is 3.15. The number of nitrogens with one attached hydrogen (secondary N) is 2. The maximum Gasteiger partial charge on any atom is 0.416 e. The second kappa shape index (κ2) is 7.99. The van der Waals surface area contributed by atoms with E-state index in [-0.39, 0.29) is 18.3 Å². The van der Waals surface area contributed by atoms with Gasteiger partial charge in [-0.25, -0.2) is 4.79 Å². The molecule has 0 fully saturated rings. The highest BCUT2D eigenvalue weighted by Gasteiger charge is 2.30. The zero-order valence-electron chi connectivity index (χ0n) is 14.6. The number of alkyl halides is 3. The molecule has 0 spiro atoms. The van der Waals surface area contributed by atoms with E-state index in [9.17, 15) is 18.0 Å². The lowest BCUT2D eigenvalue weighted by atomic mass is 10.1. The van der Waals surface area contributed by atoms with Crippen molar-refractivity contribution in [2.45, 2.75) is 12.7 Å². The van der Waals surface area contributed by atoms with Crippen molar-refractivity contribution >= 4 is 17.5 Å². The number of ether oxygens (including phenoxy) is 1. The Bertz CT molecular complexity index is 955. The van der Waals surface area contributed by atoms with Gasteiger partial charge in [0, 0.05) is 5.69 Å². The molecule has 1 heterocycles. The fourth-order valence-corrected chi connectivity index (χ4v) is 2.33. The molecule has 2 aromatic carbocycles. The lowest BCUT2D eigenvalue weighted by Gasteiger charge is -2.11. The van der Waals surface area contributed by atoms with Gasteiger partial charge in [0.1, 0.15) is 0 Å². The summed E-state index contributed by atoms with van der Waals surface area (Å²) >= 11 is 0. The summed E-state index contributed by atoms with van der Waals surface area (Å²) in [6.07, 6.45) is -5.03. The molecule has 1 amide bonds. The largest absolute Gasteiger partial charge is 0.453 e. The van der Waals surface area contributed by atoms with Crippen LogP contribution in [0.1, 0.15) is 11.5 Å². The first kappa shape index (κ1) is 19.2. The van der Waals surface area contributed by atoms with Gasteiger partial charge in [-0.1, -0.05) is 12.1 Å². The first-order chi connectivity index (χ1) is 13.4. The number of methoxy groups -OCH3 is 1. The molecule has 0 unspecified atom stereocenters. The van der Waals surface area contributed by atoms with E-state index >= 15 is 0 Å². The third kappa shape index (κ3) is 4.58. The van der Waals surface area contributed by atoms with Gasteiger partial charge in [-0.3, -0.25) is 0 Å². The molecule has 1 aromatic heterocycles. The van der Waals surface area contributed by atoms with Crippen molar-refractivity contribution in [2.75, 3.05) is 12.4 Å². The van der Waals surface area contributed by atoms with Crippen LogP contribution in [-0.2, 0) is 17.5 Å². The summed E-state index contributed by atoms with van der Waals surface area (Å²) in [5, 5.41) is 13.2. The van der Waals surface area contributed by atoms with Gasteiger partial charge < -0.3 is 19.8 Å². The summed E-state index contributed by atoms with van der Waals surface area (Å²) in [5.74, 6) is 0.362. The SMILES string of the molecule is COC(=O)NCc1nnc(-c2ccccc2Nc2ccc(C(F)(F)F)cc2)o1. The quantitative estimate of drug-likeness (QED) is 0.671. The molecule has 2 N–H and O–H groups in total. The molecule has 0 bridgehead atoms. The number of hydrogen-bond acceptors (Lipinski definition) is 6. The molecule has 10 heteroatoms. The van der Waals surface area contributed by atoms with Gasteiger partial charge in [0.15, 0.2) is 0 Å². The molecule has 0 saturated heterocycles. The first-order valence-electron chi connectivity index (χ1n) is 8.04. The van der Waals surface area contributed by atoms with Crippen molar-refractivity contribution in [3.63, 3.8) is 0 Å². The molecule has 0 aliphatic carbocycles. The van der Waals surface area contributed by atoms with Crippen molar-refractivity contribution in [3.8, 4) is 11.5 Å². The molecule has 3 aromatic rings. The monoisotopic (exact) mass is 392 g/mol. The number of para-hydroxylation sites is 1. The third-order valence-corrected chi connectivity index (χ3v) is 3.68. The molecule has 0 saturated carbocycles. The molecular weight excluding hydrogens is 377 g/mol. The van der Waals surface area contributed by atoms with E-state index in [1.165, 1.54) is 19.2 Å². The summed E-state index contributed by atoms with van der Waals surface area (Å²) in [4.78, 5) is 11.1. The molecule has 0 aliphatic rings. The maximum absolute atomic E-state index is 12.7. The van der Waals surface area contributed by atoms with Crippen LogP contribution in [0.2, 0.25) is 0 Å². The van der Waals surface area contributed by atoms with Crippen LogP contribution in [0.25, 0.3) is 11.5 Å². The molecule has 0 atom stereocenters. The fraction of sp³-hybridized carbons (Fsp3) is 0.167. The minimum absolute atomic E-state index is 0.00578.